The van der Waals surface area contributed by atoms with Crippen LogP contribution in [-0.2, 0) is 19.1 Å². The molecule has 2 atom stereocenters. The molecule has 0 radical (unpaired) electrons. The monoisotopic (exact) mass is 441 g/mol. The highest BCUT2D eigenvalue weighted by atomic mass is 79.9. The molecule has 148 valence electrons. The van der Waals surface area contributed by atoms with Crippen LogP contribution in [0.3, 0.4) is 0 Å². The summed E-state index contributed by atoms with van der Waals surface area (Å²) < 4.78 is 11.6. The van der Waals surface area contributed by atoms with Crippen LogP contribution in [-0.4, -0.2) is 52.1 Å². The Labute approximate surface area is 166 Å². The molecule has 2 amide bonds. The van der Waals surface area contributed by atoms with Crippen LogP contribution in [0.15, 0.2) is 22.8 Å². The lowest BCUT2D eigenvalue weighted by molar-refractivity contribution is -0.129. The number of aromatic nitrogens is 1. The lowest BCUT2D eigenvalue weighted by Crippen LogP contribution is -2.55. The zero-order valence-corrected chi connectivity index (χ0v) is 17.6. The summed E-state index contributed by atoms with van der Waals surface area (Å²) >= 11 is 3.23. The molecule has 1 aliphatic heterocycles. The SMILES string of the molecule is CC(C)(C)OC(=O)N1[C@H](C(=O)N[C@H](C=O)c2cccc(Br)n2)COC1(C)C. The molecule has 27 heavy (non-hydrogen) atoms. The number of ether oxygens (including phenoxy) is 2. The number of aldehydes is 1. The summed E-state index contributed by atoms with van der Waals surface area (Å²) in [6.07, 6.45) is -0.0702. The number of carbonyl (C=O) groups is 3. The third-order valence-electron chi connectivity index (χ3n) is 3.87. The van der Waals surface area contributed by atoms with Crippen LogP contribution in [0, 0.1) is 0 Å². The second-order valence-corrected chi connectivity index (χ2v) is 8.44. The van der Waals surface area contributed by atoms with Crippen LogP contribution in [0.25, 0.3) is 0 Å². The Bertz CT molecular complexity index is 732. The van der Waals surface area contributed by atoms with Crippen LogP contribution in [0.5, 0.6) is 0 Å². The first kappa shape index (κ1) is 21.3. The molecule has 2 rings (SSSR count). The maximum Gasteiger partial charge on any atom is 0.413 e. The smallest absolute Gasteiger partial charge is 0.413 e. The molecule has 1 fully saturated rings. The molecule has 1 N–H and O–H groups in total. The van der Waals surface area contributed by atoms with Gasteiger partial charge in [-0.05, 0) is 62.7 Å². The Morgan fingerprint density at radius 3 is 2.67 bits per heavy atom. The van der Waals surface area contributed by atoms with Gasteiger partial charge >= 0.3 is 6.09 Å². The average Bonchev–Trinajstić information content (AvgIpc) is 2.86. The fraction of sp³-hybridized carbons (Fsp3) is 0.556. The van der Waals surface area contributed by atoms with Gasteiger partial charge in [0.15, 0.2) is 0 Å². The molecule has 0 aromatic carbocycles. The summed E-state index contributed by atoms with van der Waals surface area (Å²) in [6.45, 7) is 8.58. The summed E-state index contributed by atoms with van der Waals surface area (Å²) in [6, 6.07) is 3.18. The zero-order valence-electron chi connectivity index (χ0n) is 16.0. The highest BCUT2D eigenvalue weighted by Gasteiger charge is 2.49. The van der Waals surface area contributed by atoms with Crippen molar-refractivity contribution in [3.8, 4) is 0 Å². The van der Waals surface area contributed by atoms with Crippen molar-refractivity contribution in [1.82, 2.24) is 15.2 Å². The van der Waals surface area contributed by atoms with Gasteiger partial charge in [-0.15, -0.1) is 0 Å². The van der Waals surface area contributed by atoms with Gasteiger partial charge in [-0.1, -0.05) is 6.07 Å². The maximum atomic E-state index is 12.8. The van der Waals surface area contributed by atoms with E-state index in [1.54, 1.807) is 52.8 Å². The minimum Gasteiger partial charge on any atom is -0.444 e. The predicted molar refractivity (Wildman–Crippen MR) is 101 cm³/mol. The zero-order chi connectivity index (χ0) is 20.4. The van der Waals surface area contributed by atoms with Crippen LogP contribution in [0.2, 0.25) is 0 Å². The van der Waals surface area contributed by atoms with E-state index in [0.717, 1.165) is 0 Å². The number of hydrogen-bond donors (Lipinski definition) is 1. The van der Waals surface area contributed by atoms with Gasteiger partial charge in [-0.3, -0.25) is 9.69 Å². The van der Waals surface area contributed by atoms with E-state index in [1.165, 1.54) is 4.90 Å². The van der Waals surface area contributed by atoms with Gasteiger partial charge in [0.25, 0.3) is 0 Å². The number of nitrogens with zero attached hydrogens (tertiary/aromatic N) is 2. The molecule has 1 saturated heterocycles. The third-order valence-corrected chi connectivity index (χ3v) is 4.31. The van der Waals surface area contributed by atoms with Crippen molar-refractivity contribution in [2.75, 3.05) is 6.61 Å². The normalized spacial score (nSPS) is 20.1. The van der Waals surface area contributed by atoms with Crippen LogP contribution >= 0.6 is 15.9 Å². The molecule has 0 spiro atoms. The van der Waals surface area contributed by atoms with E-state index >= 15 is 0 Å². The number of carbonyl (C=O) groups excluding carboxylic acids is 3. The Morgan fingerprint density at radius 2 is 2.11 bits per heavy atom. The fourth-order valence-corrected chi connectivity index (χ4v) is 3.04. The topological polar surface area (TPSA) is 97.8 Å². The Hall–Kier alpha value is -2.00. The molecular formula is C18H24BrN3O5. The number of hydrogen-bond acceptors (Lipinski definition) is 6. The van der Waals surface area contributed by atoms with Crippen molar-refractivity contribution < 1.29 is 23.9 Å². The van der Waals surface area contributed by atoms with Crippen LogP contribution < -0.4 is 5.32 Å². The summed E-state index contributed by atoms with van der Waals surface area (Å²) in [7, 11) is 0. The van der Waals surface area contributed by atoms with E-state index < -0.39 is 35.4 Å². The van der Waals surface area contributed by atoms with Crippen molar-refractivity contribution >= 4 is 34.2 Å². The maximum absolute atomic E-state index is 12.8. The molecule has 2 heterocycles. The number of nitrogens with one attached hydrogen (secondary N) is 1. The van der Waals surface area contributed by atoms with Crippen molar-refractivity contribution in [2.24, 2.45) is 0 Å². The quantitative estimate of drug-likeness (QED) is 0.569. The number of halogens is 1. The molecule has 1 aromatic heterocycles. The summed E-state index contributed by atoms with van der Waals surface area (Å²) in [5.41, 5.74) is -1.35. The molecule has 0 bridgehead atoms. The van der Waals surface area contributed by atoms with E-state index in [-0.39, 0.29) is 6.61 Å². The molecule has 0 aliphatic carbocycles. The van der Waals surface area contributed by atoms with E-state index in [2.05, 4.69) is 26.2 Å². The van der Waals surface area contributed by atoms with Gasteiger partial charge in [-0.2, -0.15) is 0 Å². The van der Waals surface area contributed by atoms with E-state index in [1.807, 2.05) is 0 Å². The average molecular weight is 442 g/mol. The predicted octanol–water partition coefficient (Wildman–Crippen LogP) is 2.57. The highest BCUT2D eigenvalue weighted by Crippen LogP contribution is 2.30. The Balaban J connectivity index is 2.20. The number of pyridine rings is 1. The first-order chi connectivity index (χ1) is 12.4. The summed E-state index contributed by atoms with van der Waals surface area (Å²) in [5, 5.41) is 2.62. The van der Waals surface area contributed by atoms with E-state index in [0.29, 0.717) is 16.6 Å². The molecule has 0 unspecified atom stereocenters. The minimum atomic E-state index is -1.02. The standard InChI is InChI=1S/C18H24BrN3O5/c1-17(2,3)27-16(25)22-13(10-26-18(22,4)5)15(24)21-12(9-23)11-7-6-8-14(19)20-11/h6-9,12-13H,10H2,1-5H3,(H,21,24)/t12-,13+/m1/s1. The van der Waals surface area contributed by atoms with E-state index in [9.17, 15) is 14.4 Å². The van der Waals surface area contributed by atoms with Gasteiger partial charge in [0, 0.05) is 0 Å². The second kappa shape index (κ2) is 7.93. The van der Waals surface area contributed by atoms with Crippen LogP contribution in [0.1, 0.15) is 46.4 Å². The molecule has 1 aromatic rings. The number of rotatable bonds is 4. The van der Waals surface area contributed by atoms with Crippen LogP contribution in [0.4, 0.5) is 4.79 Å². The molecular weight excluding hydrogens is 418 g/mol. The third kappa shape index (κ3) is 5.26. The Morgan fingerprint density at radius 1 is 1.44 bits per heavy atom. The number of amides is 2. The molecule has 0 saturated carbocycles. The largest absolute Gasteiger partial charge is 0.444 e. The lowest BCUT2D eigenvalue weighted by Gasteiger charge is -2.34. The minimum absolute atomic E-state index is 0.00440. The first-order valence-electron chi connectivity index (χ1n) is 8.49. The first-order valence-corrected chi connectivity index (χ1v) is 9.28. The van der Waals surface area contributed by atoms with Gasteiger partial charge in [0.2, 0.25) is 5.91 Å². The summed E-state index contributed by atoms with van der Waals surface area (Å²) in [4.78, 5) is 42.4. The molecule has 1 aliphatic rings. The van der Waals surface area contributed by atoms with Gasteiger partial charge in [-0.25, -0.2) is 9.78 Å². The van der Waals surface area contributed by atoms with Crippen molar-refractivity contribution in [3.63, 3.8) is 0 Å². The van der Waals surface area contributed by atoms with Crippen molar-refractivity contribution in [2.45, 2.75) is 58.0 Å². The highest BCUT2D eigenvalue weighted by molar-refractivity contribution is 9.10. The molecule has 9 heteroatoms. The van der Waals surface area contributed by atoms with Gasteiger partial charge in [0.1, 0.15) is 34.3 Å². The van der Waals surface area contributed by atoms with Crippen molar-refractivity contribution in [3.05, 3.63) is 28.5 Å². The second-order valence-electron chi connectivity index (χ2n) is 7.63. The summed E-state index contributed by atoms with van der Waals surface area (Å²) in [5.74, 6) is -0.523. The van der Waals surface area contributed by atoms with Gasteiger partial charge in [0.05, 0.1) is 12.3 Å². The Kier molecular flexibility index (Phi) is 6.26. The van der Waals surface area contributed by atoms with Gasteiger partial charge < -0.3 is 19.6 Å². The fourth-order valence-electron chi connectivity index (χ4n) is 2.68. The van der Waals surface area contributed by atoms with E-state index in [4.69, 9.17) is 9.47 Å². The molecule has 8 nitrogen and oxygen atoms in total. The van der Waals surface area contributed by atoms with Crippen molar-refractivity contribution in [1.29, 1.82) is 0 Å². The lowest BCUT2D eigenvalue weighted by atomic mass is 10.1.